The van der Waals surface area contributed by atoms with E-state index in [9.17, 15) is 18.4 Å². The van der Waals surface area contributed by atoms with Crippen molar-refractivity contribution in [3.63, 3.8) is 0 Å². The van der Waals surface area contributed by atoms with E-state index in [0.717, 1.165) is 39.1 Å². The van der Waals surface area contributed by atoms with Crippen molar-refractivity contribution in [1.82, 2.24) is 9.88 Å². The molecule has 28 heavy (non-hydrogen) atoms. The summed E-state index contributed by atoms with van der Waals surface area (Å²) in [5.41, 5.74) is 2.96. The van der Waals surface area contributed by atoms with Gasteiger partial charge in [-0.3, -0.25) is 9.69 Å². The number of hydrogen-bond donors (Lipinski definition) is 1. The topological polar surface area (TPSA) is 65.5 Å². The Morgan fingerprint density at radius 3 is 2.68 bits per heavy atom. The van der Waals surface area contributed by atoms with Gasteiger partial charge in [0.1, 0.15) is 5.71 Å². The van der Waals surface area contributed by atoms with Crippen LogP contribution in [0, 0.1) is 18.6 Å². The minimum Gasteiger partial charge on any atom is -0.361 e. The molecule has 8 heteroatoms. The van der Waals surface area contributed by atoms with Crippen LogP contribution in [-0.4, -0.2) is 27.5 Å². The first-order valence-corrected chi connectivity index (χ1v) is 8.85. The van der Waals surface area contributed by atoms with E-state index >= 15 is 0 Å². The van der Waals surface area contributed by atoms with Crippen molar-refractivity contribution in [1.29, 1.82) is 0 Å². The Labute approximate surface area is 163 Å². The van der Waals surface area contributed by atoms with Gasteiger partial charge in [0, 0.05) is 23.0 Å². The van der Waals surface area contributed by atoms with Crippen LogP contribution in [0.25, 0.3) is 10.9 Å². The molecule has 5 nitrogen and oxygen atoms in total. The van der Waals surface area contributed by atoms with E-state index in [1.165, 1.54) is 6.07 Å². The number of carbonyl (C=O) groups is 2. The van der Waals surface area contributed by atoms with Crippen molar-refractivity contribution in [2.45, 2.75) is 19.9 Å². The van der Waals surface area contributed by atoms with Crippen LogP contribution in [-0.2, 0) is 17.8 Å². The normalized spacial score (nSPS) is 14.3. The Bertz CT molecular complexity index is 1170. The van der Waals surface area contributed by atoms with Gasteiger partial charge >= 0.3 is 6.03 Å². The highest BCUT2D eigenvalue weighted by Gasteiger charge is 2.33. The summed E-state index contributed by atoms with van der Waals surface area (Å²) < 4.78 is 26.4. The molecule has 2 heterocycles. The highest BCUT2D eigenvalue weighted by atomic mass is 35.5. The molecular weight excluding hydrogens is 388 g/mol. The summed E-state index contributed by atoms with van der Waals surface area (Å²) in [6, 6.07) is 6.14. The molecule has 0 fully saturated rings. The molecule has 3 amide bonds. The molecule has 3 aromatic rings. The van der Waals surface area contributed by atoms with Gasteiger partial charge in [0.15, 0.2) is 11.6 Å². The maximum Gasteiger partial charge on any atom is 0.351 e. The van der Waals surface area contributed by atoms with Gasteiger partial charge < -0.3 is 4.98 Å². The Balaban J connectivity index is 1.56. The molecule has 1 N–H and O–H groups in total. The average molecular weight is 402 g/mol. The zero-order valence-electron chi connectivity index (χ0n) is 14.7. The number of carbonyl (C=O) groups excluding carboxylic acids is 2. The Kier molecular flexibility index (Phi) is 4.47. The van der Waals surface area contributed by atoms with Crippen LogP contribution in [0.15, 0.2) is 41.5 Å². The number of H-pyrrole nitrogens is 1. The number of aliphatic imine (C=N–C) groups is 1. The lowest BCUT2D eigenvalue weighted by Crippen LogP contribution is -2.32. The van der Waals surface area contributed by atoms with Crippen LogP contribution in [0.1, 0.15) is 16.7 Å². The summed E-state index contributed by atoms with van der Waals surface area (Å²) in [6.45, 7) is 1.71. The van der Waals surface area contributed by atoms with Crippen molar-refractivity contribution in [2.24, 2.45) is 4.99 Å². The number of aromatic nitrogens is 1. The lowest BCUT2D eigenvalue weighted by atomic mass is 10.0. The Morgan fingerprint density at radius 1 is 1.14 bits per heavy atom. The molecule has 0 radical (unpaired) electrons. The second-order valence-electron chi connectivity index (χ2n) is 6.57. The van der Waals surface area contributed by atoms with Crippen molar-refractivity contribution in [3.8, 4) is 0 Å². The third kappa shape index (κ3) is 3.07. The fourth-order valence-electron chi connectivity index (χ4n) is 3.24. The molecule has 1 aliphatic heterocycles. The predicted molar refractivity (Wildman–Crippen MR) is 101 cm³/mol. The first-order chi connectivity index (χ1) is 13.3. The fourth-order valence-corrected chi connectivity index (χ4v) is 3.40. The average Bonchev–Trinajstić information content (AvgIpc) is 3.18. The van der Waals surface area contributed by atoms with Gasteiger partial charge in [-0.15, -0.1) is 0 Å². The summed E-state index contributed by atoms with van der Waals surface area (Å²) in [5.74, 6) is -2.57. The number of amides is 3. The smallest absolute Gasteiger partial charge is 0.351 e. The Hall–Kier alpha value is -3.06. The van der Waals surface area contributed by atoms with E-state index in [2.05, 4.69) is 9.98 Å². The second kappa shape index (κ2) is 6.83. The number of urea groups is 1. The van der Waals surface area contributed by atoms with Crippen LogP contribution in [0.4, 0.5) is 13.6 Å². The number of benzene rings is 2. The molecule has 0 bridgehead atoms. The maximum absolute atomic E-state index is 13.4. The Morgan fingerprint density at radius 2 is 1.93 bits per heavy atom. The SMILES string of the molecule is Cc1c(Cl)ccc2c(CC3=NC(=O)N(Cc4ccc(F)c(F)c4)C3=O)c[nH]c12. The zero-order valence-corrected chi connectivity index (χ0v) is 15.5. The van der Waals surface area contributed by atoms with Crippen molar-refractivity contribution < 1.29 is 18.4 Å². The maximum atomic E-state index is 13.4. The number of hydrogen-bond acceptors (Lipinski definition) is 2. The number of nitrogens with zero attached hydrogens (tertiary/aromatic N) is 2. The molecular formula is C20H14ClF2N3O2. The van der Waals surface area contributed by atoms with E-state index in [1.807, 2.05) is 13.0 Å². The molecule has 0 unspecified atom stereocenters. The molecule has 1 aliphatic rings. The number of aromatic amines is 1. The monoisotopic (exact) mass is 401 g/mol. The largest absolute Gasteiger partial charge is 0.361 e. The van der Waals surface area contributed by atoms with Gasteiger partial charge in [0.2, 0.25) is 0 Å². The molecule has 2 aromatic carbocycles. The predicted octanol–water partition coefficient (Wildman–Crippen LogP) is 4.55. The molecule has 0 spiro atoms. The lowest BCUT2D eigenvalue weighted by Gasteiger charge is -2.13. The van der Waals surface area contributed by atoms with Crippen LogP contribution in [0.3, 0.4) is 0 Å². The van der Waals surface area contributed by atoms with E-state index < -0.39 is 23.6 Å². The van der Waals surface area contributed by atoms with Crippen molar-refractivity contribution in [2.75, 3.05) is 0 Å². The highest BCUT2D eigenvalue weighted by Crippen LogP contribution is 2.28. The highest BCUT2D eigenvalue weighted by molar-refractivity contribution is 6.46. The number of halogens is 3. The standard InChI is InChI=1S/C20H14ClF2N3O2/c1-10-14(21)4-3-13-12(8-24-18(10)13)7-17-19(27)26(20(28)25-17)9-11-2-5-15(22)16(23)6-11/h2-6,8,24H,7,9H2,1H3. The van der Waals surface area contributed by atoms with Gasteiger partial charge in [-0.2, -0.15) is 4.99 Å². The van der Waals surface area contributed by atoms with Gasteiger partial charge in [-0.25, -0.2) is 13.6 Å². The lowest BCUT2D eigenvalue weighted by molar-refractivity contribution is -0.121. The molecule has 0 aliphatic carbocycles. The van der Waals surface area contributed by atoms with E-state index in [0.29, 0.717) is 10.6 Å². The molecule has 142 valence electrons. The number of aryl methyl sites for hydroxylation is 1. The summed E-state index contributed by atoms with van der Waals surface area (Å²) in [7, 11) is 0. The fraction of sp³-hybridized carbons (Fsp3) is 0.150. The van der Waals surface area contributed by atoms with E-state index in [4.69, 9.17) is 11.6 Å². The third-order valence-electron chi connectivity index (χ3n) is 4.77. The van der Waals surface area contributed by atoms with Crippen molar-refractivity contribution in [3.05, 3.63) is 69.9 Å². The number of fused-ring (bicyclic) bond motifs is 1. The number of rotatable bonds is 4. The van der Waals surface area contributed by atoms with E-state index in [-0.39, 0.29) is 18.7 Å². The molecule has 0 saturated carbocycles. The van der Waals surface area contributed by atoms with Crippen molar-refractivity contribution >= 4 is 40.2 Å². The summed E-state index contributed by atoms with van der Waals surface area (Å²) in [5, 5.41) is 1.52. The van der Waals surface area contributed by atoms with Gasteiger partial charge in [0.05, 0.1) is 12.1 Å². The van der Waals surface area contributed by atoms with Crippen LogP contribution < -0.4 is 0 Å². The first kappa shape index (κ1) is 18.3. The summed E-state index contributed by atoms with van der Waals surface area (Å²) >= 11 is 6.13. The van der Waals surface area contributed by atoms with E-state index in [1.54, 1.807) is 12.3 Å². The molecule has 0 atom stereocenters. The van der Waals surface area contributed by atoms with Gasteiger partial charge in [-0.1, -0.05) is 23.7 Å². The summed E-state index contributed by atoms with van der Waals surface area (Å²) in [6.07, 6.45) is 1.92. The number of nitrogens with one attached hydrogen (secondary N) is 1. The third-order valence-corrected chi connectivity index (χ3v) is 5.18. The van der Waals surface area contributed by atoms with Crippen LogP contribution in [0.5, 0.6) is 0 Å². The molecule has 1 aromatic heterocycles. The minimum atomic E-state index is -1.04. The summed E-state index contributed by atoms with van der Waals surface area (Å²) in [4.78, 5) is 32.7. The van der Waals surface area contributed by atoms with Gasteiger partial charge in [-0.05, 0) is 41.8 Å². The molecule has 0 saturated heterocycles. The quantitative estimate of drug-likeness (QED) is 0.696. The number of imide groups is 1. The minimum absolute atomic E-state index is 0.0982. The van der Waals surface area contributed by atoms with Crippen LogP contribution in [0.2, 0.25) is 5.02 Å². The van der Waals surface area contributed by atoms with Gasteiger partial charge in [0.25, 0.3) is 5.91 Å². The zero-order chi connectivity index (χ0) is 20.0. The molecule has 4 rings (SSSR count). The van der Waals surface area contributed by atoms with Crippen LogP contribution >= 0.6 is 11.6 Å². The second-order valence-corrected chi connectivity index (χ2v) is 6.97. The first-order valence-electron chi connectivity index (χ1n) is 8.47.